The van der Waals surface area contributed by atoms with E-state index in [4.69, 9.17) is 0 Å². The van der Waals surface area contributed by atoms with Crippen molar-refractivity contribution in [2.45, 2.75) is 18.9 Å². The lowest BCUT2D eigenvalue weighted by Gasteiger charge is -2.34. The molecule has 0 saturated heterocycles. The van der Waals surface area contributed by atoms with Crippen LogP contribution in [0.25, 0.3) is 6.08 Å². The summed E-state index contributed by atoms with van der Waals surface area (Å²) in [7, 11) is 1.80. The smallest absolute Gasteiger partial charge is 0.246 e. The van der Waals surface area contributed by atoms with Crippen molar-refractivity contribution in [1.29, 1.82) is 0 Å². The number of hydrogen-bond donors (Lipinski definition) is 1. The number of amides is 1. The molecule has 1 amide bonds. The number of halogens is 1. The fourth-order valence-corrected chi connectivity index (χ4v) is 2.46. The Labute approximate surface area is 122 Å². The van der Waals surface area contributed by atoms with Crippen molar-refractivity contribution in [2.75, 3.05) is 13.6 Å². The van der Waals surface area contributed by atoms with E-state index in [0.29, 0.717) is 5.92 Å². The van der Waals surface area contributed by atoms with Crippen LogP contribution in [0, 0.1) is 5.92 Å². The summed E-state index contributed by atoms with van der Waals surface area (Å²) in [5.74, 6) is 0.453. The average Bonchev–Trinajstić information content (AvgIpc) is 2.35. The Morgan fingerprint density at radius 1 is 1.42 bits per heavy atom. The zero-order chi connectivity index (χ0) is 13.8. The Bertz CT molecular complexity index is 464. The monoisotopic (exact) mass is 323 g/mol. The van der Waals surface area contributed by atoms with Gasteiger partial charge in [-0.1, -0.05) is 28.1 Å². The maximum absolute atomic E-state index is 11.9. The zero-order valence-electron chi connectivity index (χ0n) is 10.9. The van der Waals surface area contributed by atoms with Crippen molar-refractivity contribution in [1.82, 2.24) is 4.90 Å². The molecule has 1 fully saturated rings. The van der Waals surface area contributed by atoms with Crippen LogP contribution in [0.5, 0.6) is 0 Å². The van der Waals surface area contributed by atoms with Gasteiger partial charge in [-0.15, -0.1) is 0 Å². The molecule has 1 N–H and O–H groups in total. The second kappa shape index (κ2) is 6.35. The first-order valence-corrected chi connectivity index (χ1v) is 7.20. The van der Waals surface area contributed by atoms with E-state index < -0.39 is 0 Å². The van der Waals surface area contributed by atoms with Gasteiger partial charge in [-0.2, -0.15) is 0 Å². The molecule has 19 heavy (non-hydrogen) atoms. The molecule has 1 saturated carbocycles. The largest absolute Gasteiger partial charge is 0.393 e. The van der Waals surface area contributed by atoms with E-state index in [1.807, 2.05) is 30.3 Å². The summed E-state index contributed by atoms with van der Waals surface area (Å²) < 4.78 is 1.02. The summed E-state index contributed by atoms with van der Waals surface area (Å²) in [5.41, 5.74) is 1.00. The third-order valence-corrected chi connectivity index (χ3v) is 3.94. The van der Waals surface area contributed by atoms with Gasteiger partial charge in [-0.3, -0.25) is 4.79 Å². The molecule has 0 aliphatic heterocycles. The second-order valence-corrected chi connectivity index (χ2v) is 6.01. The van der Waals surface area contributed by atoms with Gasteiger partial charge in [0.15, 0.2) is 0 Å². The number of hydrogen-bond acceptors (Lipinski definition) is 2. The minimum absolute atomic E-state index is 0.00399. The van der Waals surface area contributed by atoms with Crippen LogP contribution in [-0.4, -0.2) is 35.6 Å². The fraction of sp³-hybridized carbons (Fsp3) is 0.400. The summed E-state index contributed by atoms with van der Waals surface area (Å²) in [6.07, 6.45) is 4.88. The molecule has 4 heteroatoms. The van der Waals surface area contributed by atoms with E-state index >= 15 is 0 Å². The minimum Gasteiger partial charge on any atom is -0.393 e. The molecule has 0 bridgehead atoms. The molecule has 3 nitrogen and oxygen atoms in total. The molecule has 1 aromatic rings. The van der Waals surface area contributed by atoms with Gasteiger partial charge in [-0.05, 0) is 42.5 Å². The van der Waals surface area contributed by atoms with Gasteiger partial charge in [0.05, 0.1) is 6.10 Å². The zero-order valence-corrected chi connectivity index (χ0v) is 12.5. The van der Waals surface area contributed by atoms with Crippen LogP contribution in [0.4, 0.5) is 0 Å². The molecule has 1 aliphatic carbocycles. The molecule has 102 valence electrons. The molecule has 0 aromatic heterocycles. The van der Waals surface area contributed by atoms with Gasteiger partial charge in [0, 0.05) is 24.1 Å². The summed E-state index contributed by atoms with van der Waals surface area (Å²) in [6.45, 7) is 0.723. The molecule has 0 radical (unpaired) electrons. The van der Waals surface area contributed by atoms with Crippen LogP contribution in [0.1, 0.15) is 18.4 Å². The van der Waals surface area contributed by atoms with Gasteiger partial charge < -0.3 is 10.0 Å². The lowest BCUT2D eigenvalue weighted by molar-refractivity contribution is -0.126. The van der Waals surface area contributed by atoms with E-state index in [2.05, 4.69) is 15.9 Å². The highest BCUT2D eigenvalue weighted by atomic mass is 79.9. The third kappa shape index (κ3) is 4.18. The predicted octanol–water partition coefficient (Wildman–Crippen LogP) is 2.69. The Balaban J connectivity index is 1.84. The topological polar surface area (TPSA) is 40.5 Å². The maximum atomic E-state index is 11.9. The molecule has 1 aliphatic rings. The van der Waals surface area contributed by atoms with Gasteiger partial charge in [0.2, 0.25) is 5.91 Å². The Morgan fingerprint density at radius 3 is 2.63 bits per heavy atom. The summed E-state index contributed by atoms with van der Waals surface area (Å²) in [6, 6.07) is 7.81. The molecule has 2 rings (SSSR count). The van der Waals surface area contributed by atoms with Crippen molar-refractivity contribution < 1.29 is 9.90 Å². The van der Waals surface area contributed by atoms with Crippen molar-refractivity contribution in [3.05, 3.63) is 40.4 Å². The lowest BCUT2D eigenvalue weighted by atomic mass is 9.82. The lowest BCUT2D eigenvalue weighted by Crippen LogP contribution is -2.38. The molecule has 0 spiro atoms. The normalized spacial score (nSPS) is 22.3. The number of aliphatic hydroxyl groups excluding tert-OH is 1. The van der Waals surface area contributed by atoms with Crippen molar-refractivity contribution in [3.8, 4) is 0 Å². The Hall–Kier alpha value is -1.13. The number of nitrogens with zero attached hydrogens (tertiary/aromatic N) is 1. The molecular weight excluding hydrogens is 306 g/mol. The SMILES string of the molecule is CN(CC1CC(O)C1)C(=O)C=Cc1ccc(Br)cc1. The number of rotatable bonds is 4. The standard InChI is InChI=1S/C15H18BrNO2/c1-17(10-12-8-14(18)9-12)15(19)7-4-11-2-5-13(16)6-3-11/h2-7,12,14,18H,8-10H2,1H3. The predicted molar refractivity (Wildman–Crippen MR) is 79.5 cm³/mol. The molecule has 1 aromatic carbocycles. The van der Waals surface area contributed by atoms with Crippen LogP contribution >= 0.6 is 15.9 Å². The number of carbonyl (C=O) groups excluding carboxylic acids is 1. The van der Waals surface area contributed by atoms with Crippen molar-refractivity contribution in [3.63, 3.8) is 0 Å². The molecule has 0 atom stereocenters. The molecule has 0 heterocycles. The average molecular weight is 324 g/mol. The van der Waals surface area contributed by atoms with E-state index in [-0.39, 0.29) is 12.0 Å². The fourth-order valence-electron chi connectivity index (χ4n) is 2.20. The van der Waals surface area contributed by atoms with Crippen LogP contribution in [0.15, 0.2) is 34.8 Å². The summed E-state index contributed by atoms with van der Waals surface area (Å²) in [5, 5.41) is 9.22. The number of aliphatic hydroxyl groups is 1. The number of carbonyl (C=O) groups is 1. The minimum atomic E-state index is -0.160. The van der Waals surface area contributed by atoms with E-state index in [0.717, 1.165) is 29.4 Å². The Kier molecular flexibility index (Phi) is 4.77. The highest BCUT2D eigenvalue weighted by molar-refractivity contribution is 9.10. The maximum Gasteiger partial charge on any atom is 0.246 e. The first-order chi connectivity index (χ1) is 9.04. The van der Waals surface area contributed by atoms with Crippen LogP contribution in [0.2, 0.25) is 0 Å². The van der Waals surface area contributed by atoms with Crippen LogP contribution in [-0.2, 0) is 4.79 Å². The first-order valence-electron chi connectivity index (χ1n) is 6.41. The van der Waals surface area contributed by atoms with Crippen molar-refractivity contribution >= 4 is 27.9 Å². The van der Waals surface area contributed by atoms with Gasteiger partial charge >= 0.3 is 0 Å². The third-order valence-electron chi connectivity index (χ3n) is 3.41. The van der Waals surface area contributed by atoms with Gasteiger partial charge in [-0.25, -0.2) is 0 Å². The van der Waals surface area contributed by atoms with E-state index in [1.54, 1.807) is 18.0 Å². The highest BCUT2D eigenvalue weighted by Crippen LogP contribution is 2.27. The number of likely N-dealkylation sites (N-methyl/N-ethyl adjacent to an activating group) is 1. The number of benzene rings is 1. The van der Waals surface area contributed by atoms with Crippen LogP contribution in [0.3, 0.4) is 0 Å². The van der Waals surface area contributed by atoms with E-state index in [9.17, 15) is 9.90 Å². The second-order valence-electron chi connectivity index (χ2n) is 5.09. The van der Waals surface area contributed by atoms with E-state index in [1.165, 1.54) is 0 Å². The summed E-state index contributed by atoms with van der Waals surface area (Å²) >= 11 is 3.38. The van der Waals surface area contributed by atoms with Gasteiger partial charge in [0.1, 0.15) is 0 Å². The summed E-state index contributed by atoms with van der Waals surface area (Å²) in [4.78, 5) is 13.6. The molecular formula is C15H18BrNO2. The Morgan fingerprint density at radius 2 is 2.05 bits per heavy atom. The quantitative estimate of drug-likeness (QED) is 0.865. The van der Waals surface area contributed by atoms with Crippen LogP contribution < -0.4 is 0 Å². The highest BCUT2D eigenvalue weighted by Gasteiger charge is 2.28. The van der Waals surface area contributed by atoms with Gasteiger partial charge in [0.25, 0.3) is 0 Å². The first kappa shape index (κ1) is 14.3. The van der Waals surface area contributed by atoms with Crippen molar-refractivity contribution in [2.24, 2.45) is 5.92 Å². The molecule has 0 unspecified atom stereocenters.